The summed E-state index contributed by atoms with van der Waals surface area (Å²) in [6.07, 6.45) is 0.281. The van der Waals surface area contributed by atoms with Crippen LogP contribution in [0.25, 0.3) is 0 Å². The third kappa shape index (κ3) is 5.36. The van der Waals surface area contributed by atoms with Gasteiger partial charge in [0.2, 0.25) is 0 Å². The van der Waals surface area contributed by atoms with E-state index in [0.717, 1.165) is 5.56 Å². The highest BCUT2D eigenvalue weighted by Crippen LogP contribution is 1.97. The molecule has 0 bridgehead atoms. The van der Waals surface area contributed by atoms with Gasteiger partial charge in [-0.2, -0.15) is 0 Å². The molecule has 0 saturated carbocycles. The number of amides is 1. The summed E-state index contributed by atoms with van der Waals surface area (Å²) in [6.45, 7) is 2.72. The number of nitrogens with one attached hydrogen (secondary N) is 1. The highest BCUT2D eigenvalue weighted by Gasteiger charge is 2.02. The number of alkyl carbamates (subject to hydrolysis) is 1. The minimum Gasteiger partial charge on any atom is -0.449 e. The fourth-order valence-corrected chi connectivity index (χ4v) is 1.16. The number of carbonyl (C=O) groups excluding carboxylic acids is 1. The van der Waals surface area contributed by atoms with Gasteiger partial charge in [0.1, 0.15) is 0 Å². The standard InChI is InChI=1S/C12H18N2O2/c1-10(13)7-8-16-12(15)14-9-11-5-3-2-4-6-11/h2-6,10H,7-9,13H2,1H3,(H,14,15)/t10-/m1/s1. The molecule has 0 aromatic heterocycles. The Labute approximate surface area is 95.8 Å². The van der Waals surface area contributed by atoms with Crippen LogP contribution in [0.15, 0.2) is 30.3 Å². The van der Waals surface area contributed by atoms with Crippen molar-refractivity contribution in [3.8, 4) is 0 Å². The maximum atomic E-state index is 11.2. The molecule has 16 heavy (non-hydrogen) atoms. The van der Waals surface area contributed by atoms with Gasteiger partial charge in [-0.15, -0.1) is 0 Å². The Morgan fingerprint density at radius 1 is 1.44 bits per heavy atom. The van der Waals surface area contributed by atoms with Crippen molar-refractivity contribution in [3.05, 3.63) is 35.9 Å². The first kappa shape index (κ1) is 12.5. The van der Waals surface area contributed by atoms with Gasteiger partial charge in [-0.3, -0.25) is 0 Å². The summed E-state index contributed by atoms with van der Waals surface area (Å²) in [5.41, 5.74) is 6.58. The van der Waals surface area contributed by atoms with Gasteiger partial charge in [0, 0.05) is 12.6 Å². The van der Waals surface area contributed by atoms with Crippen molar-refractivity contribution in [2.75, 3.05) is 6.61 Å². The smallest absolute Gasteiger partial charge is 0.407 e. The highest BCUT2D eigenvalue weighted by molar-refractivity contribution is 5.67. The van der Waals surface area contributed by atoms with Gasteiger partial charge < -0.3 is 15.8 Å². The third-order valence-corrected chi connectivity index (χ3v) is 2.09. The average Bonchev–Trinajstić information content (AvgIpc) is 2.27. The minimum atomic E-state index is -0.399. The van der Waals surface area contributed by atoms with E-state index in [0.29, 0.717) is 19.6 Å². The first-order valence-electron chi connectivity index (χ1n) is 5.38. The number of hydrogen-bond donors (Lipinski definition) is 2. The molecule has 0 saturated heterocycles. The molecule has 1 aromatic rings. The molecule has 0 aliphatic carbocycles. The number of benzene rings is 1. The quantitative estimate of drug-likeness (QED) is 0.796. The van der Waals surface area contributed by atoms with E-state index < -0.39 is 6.09 Å². The van der Waals surface area contributed by atoms with E-state index in [1.165, 1.54) is 0 Å². The van der Waals surface area contributed by atoms with Gasteiger partial charge in [-0.05, 0) is 18.9 Å². The molecule has 1 atom stereocenters. The summed E-state index contributed by atoms with van der Waals surface area (Å²) < 4.78 is 4.94. The largest absolute Gasteiger partial charge is 0.449 e. The molecule has 4 heteroatoms. The lowest BCUT2D eigenvalue weighted by Crippen LogP contribution is -2.26. The molecule has 0 radical (unpaired) electrons. The predicted octanol–water partition coefficient (Wildman–Crippen LogP) is 1.65. The first-order chi connectivity index (χ1) is 7.68. The molecule has 0 unspecified atom stereocenters. The van der Waals surface area contributed by atoms with Crippen molar-refractivity contribution >= 4 is 6.09 Å². The third-order valence-electron chi connectivity index (χ3n) is 2.09. The summed E-state index contributed by atoms with van der Waals surface area (Å²) in [4.78, 5) is 11.2. The Morgan fingerprint density at radius 2 is 2.12 bits per heavy atom. The molecule has 0 heterocycles. The molecule has 1 aromatic carbocycles. The van der Waals surface area contributed by atoms with Crippen molar-refractivity contribution < 1.29 is 9.53 Å². The van der Waals surface area contributed by atoms with Crippen molar-refractivity contribution in [1.29, 1.82) is 0 Å². The summed E-state index contributed by atoms with van der Waals surface area (Å²) in [5, 5.41) is 2.67. The van der Waals surface area contributed by atoms with E-state index in [-0.39, 0.29) is 6.04 Å². The molecule has 1 amide bonds. The minimum absolute atomic E-state index is 0.0573. The lowest BCUT2D eigenvalue weighted by Gasteiger charge is -2.08. The van der Waals surface area contributed by atoms with Crippen LogP contribution in [0, 0.1) is 0 Å². The maximum absolute atomic E-state index is 11.2. The zero-order valence-electron chi connectivity index (χ0n) is 9.48. The molecule has 0 spiro atoms. The second-order valence-corrected chi connectivity index (χ2v) is 3.74. The van der Waals surface area contributed by atoms with Gasteiger partial charge in [0.25, 0.3) is 0 Å². The van der Waals surface area contributed by atoms with Crippen LogP contribution in [-0.4, -0.2) is 18.7 Å². The zero-order chi connectivity index (χ0) is 11.8. The average molecular weight is 222 g/mol. The topological polar surface area (TPSA) is 64.3 Å². The maximum Gasteiger partial charge on any atom is 0.407 e. The van der Waals surface area contributed by atoms with Gasteiger partial charge in [0.15, 0.2) is 0 Å². The van der Waals surface area contributed by atoms with Crippen LogP contribution < -0.4 is 11.1 Å². The van der Waals surface area contributed by atoms with Crippen molar-refractivity contribution in [1.82, 2.24) is 5.32 Å². The van der Waals surface area contributed by atoms with E-state index in [2.05, 4.69) is 5.32 Å². The number of hydrogen-bond acceptors (Lipinski definition) is 3. The number of nitrogens with two attached hydrogens (primary N) is 1. The van der Waals surface area contributed by atoms with E-state index in [4.69, 9.17) is 10.5 Å². The molecule has 1 rings (SSSR count). The molecule has 0 fully saturated rings. The predicted molar refractivity (Wildman–Crippen MR) is 62.9 cm³/mol. The molecule has 0 aliphatic heterocycles. The fraction of sp³-hybridized carbons (Fsp3) is 0.417. The van der Waals surface area contributed by atoms with Gasteiger partial charge in [0.05, 0.1) is 6.61 Å². The van der Waals surface area contributed by atoms with Crippen molar-refractivity contribution in [3.63, 3.8) is 0 Å². The molecule has 0 aliphatic rings. The Bertz CT molecular complexity index is 312. The van der Waals surface area contributed by atoms with Crippen LogP contribution in [0.4, 0.5) is 4.79 Å². The Kier molecular flexibility index (Phi) is 5.36. The van der Waals surface area contributed by atoms with E-state index in [9.17, 15) is 4.79 Å². The van der Waals surface area contributed by atoms with Crippen LogP contribution in [0.5, 0.6) is 0 Å². The first-order valence-corrected chi connectivity index (χ1v) is 5.38. The highest BCUT2D eigenvalue weighted by atomic mass is 16.5. The Morgan fingerprint density at radius 3 is 2.75 bits per heavy atom. The molecule has 4 nitrogen and oxygen atoms in total. The fourth-order valence-electron chi connectivity index (χ4n) is 1.16. The van der Waals surface area contributed by atoms with E-state index >= 15 is 0 Å². The van der Waals surface area contributed by atoms with Gasteiger partial charge >= 0.3 is 6.09 Å². The molecular weight excluding hydrogens is 204 g/mol. The lowest BCUT2D eigenvalue weighted by molar-refractivity contribution is 0.142. The van der Waals surface area contributed by atoms with E-state index in [1.807, 2.05) is 37.3 Å². The van der Waals surface area contributed by atoms with Crippen LogP contribution in [0.2, 0.25) is 0 Å². The van der Waals surface area contributed by atoms with Crippen LogP contribution in [0.1, 0.15) is 18.9 Å². The summed E-state index contributed by atoms with van der Waals surface area (Å²) in [6, 6.07) is 9.74. The van der Waals surface area contributed by atoms with Crippen molar-refractivity contribution in [2.45, 2.75) is 25.9 Å². The second kappa shape index (κ2) is 6.85. The zero-order valence-corrected chi connectivity index (χ0v) is 9.48. The summed E-state index contributed by atoms with van der Waals surface area (Å²) >= 11 is 0. The second-order valence-electron chi connectivity index (χ2n) is 3.74. The molecule has 3 N–H and O–H groups in total. The number of rotatable bonds is 5. The number of ether oxygens (including phenoxy) is 1. The van der Waals surface area contributed by atoms with Gasteiger partial charge in [-0.25, -0.2) is 4.79 Å². The van der Waals surface area contributed by atoms with Crippen LogP contribution in [-0.2, 0) is 11.3 Å². The normalized spacial score (nSPS) is 11.9. The lowest BCUT2D eigenvalue weighted by atomic mass is 10.2. The molecular formula is C12H18N2O2. The van der Waals surface area contributed by atoms with Crippen molar-refractivity contribution in [2.24, 2.45) is 5.73 Å². The summed E-state index contributed by atoms with van der Waals surface area (Å²) in [5.74, 6) is 0. The van der Waals surface area contributed by atoms with Crippen LogP contribution in [0.3, 0.4) is 0 Å². The van der Waals surface area contributed by atoms with Gasteiger partial charge in [-0.1, -0.05) is 30.3 Å². The molecule has 88 valence electrons. The Balaban J connectivity index is 2.16. The van der Waals surface area contributed by atoms with Crippen LogP contribution >= 0.6 is 0 Å². The summed E-state index contributed by atoms with van der Waals surface area (Å²) in [7, 11) is 0. The SMILES string of the molecule is C[C@@H](N)CCOC(=O)NCc1ccccc1. The van der Waals surface area contributed by atoms with E-state index in [1.54, 1.807) is 0 Å². The monoisotopic (exact) mass is 222 g/mol. The Hall–Kier alpha value is -1.55. The number of carbonyl (C=O) groups is 1.